The number of hydrogen-bond acceptors (Lipinski definition) is 16. The minimum atomic E-state index is -1.17. The third kappa shape index (κ3) is 37.8. The van der Waals surface area contributed by atoms with Gasteiger partial charge in [0.25, 0.3) is 0 Å². The van der Waals surface area contributed by atoms with E-state index in [1.165, 1.54) is 37.3 Å². The largest absolute Gasteiger partial charge is 0.478 e. The highest BCUT2D eigenvalue weighted by Crippen LogP contribution is 2.32. The van der Waals surface area contributed by atoms with Gasteiger partial charge in [-0.15, -0.1) is 0 Å². The predicted octanol–water partition coefficient (Wildman–Crippen LogP) is 4.45. The monoisotopic (exact) mass is 1150 g/mol. The van der Waals surface area contributed by atoms with Gasteiger partial charge >= 0.3 is 5.97 Å². The number of allylic oxidation sites excluding steroid dienone is 16. The van der Waals surface area contributed by atoms with E-state index in [9.17, 15) is 70.9 Å². The maximum absolute atomic E-state index is 12.8. The van der Waals surface area contributed by atoms with E-state index in [-0.39, 0.29) is 93.4 Å². The van der Waals surface area contributed by atoms with Crippen LogP contribution in [0.3, 0.4) is 0 Å². The first kappa shape index (κ1) is 74.8. The molecule has 1 aliphatic rings. The van der Waals surface area contributed by atoms with Crippen molar-refractivity contribution in [3.63, 3.8) is 0 Å². The van der Waals surface area contributed by atoms with E-state index in [0.717, 1.165) is 12.8 Å². The number of aliphatic imine (C=N–C) groups is 1. The van der Waals surface area contributed by atoms with Crippen molar-refractivity contribution < 1.29 is 80.7 Å². The molecule has 0 saturated carbocycles. The zero-order chi connectivity index (χ0) is 61.4. The number of nitrogens with zero attached hydrogens (tertiary/aromatic N) is 1. The van der Waals surface area contributed by atoms with Crippen molar-refractivity contribution in [1.82, 2.24) is 0 Å². The molecule has 0 spiro atoms. The third-order valence-electron chi connectivity index (χ3n) is 13.6. The second-order valence-corrected chi connectivity index (χ2v) is 21.2. The van der Waals surface area contributed by atoms with Crippen LogP contribution in [0.5, 0.6) is 0 Å². The molecule has 0 radical (unpaired) electrons. The number of unbranched alkanes of at least 4 members (excludes halogenated alkanes) is 1. The third-order valence-corrected chi connectivity index (χ3v) is 13.6. The van der Waals surface area contributed by atoms with Crippen molar-refractivity contribution in [3.05, 3.63) is 145 Å². The molecule has 19 nitrogen and oxygen atoms in total. The molecule has 17 atom stereocenters. The molecule has 1 heterocycles. The summed E-state index contributed by atoms with van der Waals surface area (Å²) in [6, 6.07) is 0. The van der Waals surface area contributed by atoms with Crippen LogP contribution in [0.25, 0.3) is 0 Å². The fourth-order valence-electron chi connectivity index (χ4n) is 8.42. The Morgan fingerprint density at radius 3 is 1.71 bits per heavy atom. The Morgan fingerprint density at radius 1 is 0.561 bits per heavy atom. The SMILES string of the molecule is C\C(=C/C=C/C=C/CC/C=C/C(C)C(O)C(C)C(O)/C=C/C=C/C=C/C=C/C=C/C=C/CC(O)C(C)C(=O)CC(O)CC(O)/C=C/CC(O)CC(O)CC(O)/C=C/CC(O)CC(O)C1OC1CC(O)CC(O)CCCN=C(N)N)C(=O)O. The van der Waals surface area contributed by atoms with Crippen LogP contribution < -0.4 is 11.5 Å². The summed E-state index contributed by atoms with van der Waals surface area (Å²) in [6.07, 6.45) is 30.0. The first-order valence-corrected chi connectivity index (χ1v) is 28.5. The van der Waals surface area contributed by atoms with Crippen LogP contribution in [0.2, 0.25) is 0 Å². The van der Waals surface area contributed by atoms with Crippen molar-refractivity contribution in [1.29, 1.82) is 0 Å². The molecule has 0 amide bonds. The number of ether oxygens (including phenoxy) is 1. The van der Waals surface area contributed by atoms with Crippen molar-refractivity contribution in [2.45, 2.75) is 203 Å². The molecule has 0 aromatic carbocycles. The average Bonchev–Trinajstić information content (AvgIpc) is 4.19. The van der Waals surface area contributed by atoms with E-state index in [2.05, 4.69) is 4.99 Å². The fourth-order valence-corrected chi connectivity index (χ4v) is 8.42. The van der Waals surface area contributed by atoms with Gasteiger partial charge in [-0.3, -0.25) is 9.79 Å². The van der Waals surface area contributed by atoms with E-state index in [1.807, 2.05) is 55.5 Å². The summed E-state index contributed by atoms with van der Waals surface area (Å²) < 4.78 is 5.49. The highest BCUT2D eigenvalue weighted by Gasteiger charge is 2.45. The van der Waals surface area contributed by atoms with Crippen LogP contribution in [0.4, 0.5) is 0 Å². The van der Waals surface area contributed by atoms with E-state index in [1.54, 1.807) is 74.6 Å². The lowest BCUT2D eigenvalue weighted by atomic mass is 9.88. The number of aliphatic hydroxyl groups is 12. The Bertz CT molecular complexity index is 2180. The van der Waals surface area contributed by atoms with Crippen molar-refractivity contribution in [2.75, 3.05) is 6.54 Å². The lowest BCUT2D eigenvalue weighted by molar-refractivity contribution is -0.132. The van der Waals surface area contributed by atoms with Gasteiger partial charge in [0.1, 0.15) is 11.9 Å². The van der Waals surface area contributed by atoms with E-state index in [0.29, 0.717) is 19.4 Å². The molecule has 1 aliphatic heterocycles. The van der Waals surface area contributed by atoms with Crippen LogP contribution in [-0.4, -0.2) is 176 Å². The number of carbonyl (C=O) groups is 2. The number of aliphatic carboxylic acids is 1. The number of hydrogen-bond donors (Lipinski definition) is 15. The quantitative estimate of drug-likeness (QED) is 0.00762. The zero-order valence-corrected chi connectivity index (χ0v) is 48.3. The molecule has 462 valence electrons. The fraction of sp³-hybridized carbons (Fsp3) is 0.571. The Labute approximate surface area is 485 Å². The number of carbonyl (C=O) groups excluding carboxylic acids is 1. The number of ketones is 1. The van der Waals surface area contributed by atoms with Crippen LogP contribution in [0.1, 0.15) is 118 Å². The lowest BCUT2D eigenvalue weighted by Gasteiger charge is -2.25. The number of epoxide rings is 1. The molecular weight excluding hydrogens is 1050 g/mol. The first-order valence-electron chi connectivity index (χ1n) is 28.5. The summed E-state index contributed by atoms with van der Waals surface area (Å²) in [5.74, 6) is -2.65. The Hall–Kier alpha value is -5.23. The van der Waals surface area contributed by atoms with Gasteiger partial charge in [-0.1, -0.05) is 161 Å². The maximum atomic E-state index is 12.8. The molecule has 17 unspecified atom stereocenters. The molecule has 0 aromatic rings. The smallest absolute Gasteiger partial charge is 0.331 e. The molecule has 0 bridgehead atoms. The normalized spacial score (nSPS) is 21.4. The van der Waals surface area contributed by atoms with Crippen molar-refractivity contribution >= 4 is 17.7 Å². The Morgan fingerprint density at radius 2 is 1.10 bits per heavy atom. The molecule has 0 aliphatic carbocycles. The van der Waals surface area contributed by atoms with E-state index in [4.69, 9.17) is 21.3 Å². The summed E-state index contributed by atoms with van der Waals surface area (Å²) >= 11 is 0. The summed E-state index contributed by atoms with van der Waals surface area (Å²) in [6.45, 7) is 7.18. The lowest BCUT2D eigenvalue weighted by Crippen LogP contribution is -2.32. The second kappa shape index (κ2) is 44.3. The van der Waals surface area contributed by atoms with Gasteiger partial charge in [0.15, 0.2) is 5.96 Å². The van der Waals surface area contributed by atoms with Crippen molar-refractivity contribution in [2.24, 2.45) is 34.2 Å². The number of aliphatic hydroxyl groups excluding tert-OH is 12. The Kier molecular flexibility index (Phi) is 40.4. The molecule has 0 aromatic heterocycles. The second-order valence-electron chi connectivity index (χ2n) is 21.2. The van der Waals surface area contributed by atoms with Crippen LogP contribution in [0.15, 0.2) is 150 Å². The van der Waals surface area contributed by atoms with E-state index >= 15 is 0 Å². The molecular formula is C63H99N3O16. The molecule has 82 heavy (non-hydrogen) atoms. The van der Waals surface area contributed by atoms with Gasteiger partial charge in [-0.05, 0) is 64.7 Å². The zero-order valence-electron chi connectivity index (χ0n) is 48.3. The topological polar surface area (TPSA) is 374 Å². The van der Waals surface area contributed by atoms with Gasteiger partial charge in [0, 0.05) is 62.0 Å². The number of nitrogens with two attached hydrogens (primary N) is 2. The predicted molar refractivity (Wildman–Crippen MR) is 320 cm³/mol. The van der Waals surface area contributed by atoms with Crippen LogP contribution >= 0.6 is 0 Å². The number of carboxylic acids is 1. The average molecular weight is 1150 g/mol. The number of Topliss-reactive ketones (excluding diaryl/α,β-unsaturated/α-hetero) is 1. The van der Waals surface area contributed by atoms with Crippen LogP contribution in [-0.2, 0) is 14.3 Å². The van der Waals surface area contributed by atoms with Gasteiger partial charge < -0.3 is 82.6 Å². The summed E-state index contributed by atoms with van der Waals surface area (Å²) in [4.78, 5) is 27.4. The number of carboxylic acid groups (broad SMARTS) is 1. The van der Waals surface area contributed by atoms with Gasteiger partial charge in [0.2, 0.25) is 0 Å². The number of guanidine groups is 1. The molecule has 17 N–H and O–H groups in total. The minimum absolute atomic E-state index is 0.00555. The number of rotatable bonds is 45. The summed E-state index contributed by atoms with van der Waals surface area (Å²) in [5.41, 5.74) is 10.8. The highest BCUT2D eigenvalue weighted by atomic mass is 16.6. The van der Waals surface area contributed by atoms with E-state index < -0.39 is 97.3 Å². The summed E-state index contributed by atoms with van der Waals surface area (Å²) in [7, 11) is 0. The van der Waals surface area contributed by atoms with Gasteiger partial charge in [-0.25, -0.2) is 4.79 Å². The molecule has 1 fully saturated rings. The standard InChI is InChI=1S/C63H99N3O16/c1-43(26-19-15-11-10-12-16-20-27-44(2)62(80)81)60(79)46(4)56(76)34-22-18-14-9-7-5-6-8-13-17-21-33-55(75)45(3)57(77)41-53(73)38-49(69)29-23-28-47(67)36-52(72)37-48(68)30-24-31-51(71)40-58(78)61-59(82-61)42-54(74)39-50(70)32-25-35-66-63(64)65/h5-10,12-14,16-24,26-27,29-30,34,43,45-56,58-61,67-76,78-79H,11,15,25,28,31-33,35-42H2,1-4H3,(H,80,81)(H4,64,65,66)/b6-5+,9-7+,12-10+,13-8+,18-14+,20-16+,21-17+,26-19+,29-23+,30-24+,34-22+,44-27+. The van der Waals surface area contributed by atoms with Crippen LogP contribution in [0, 0.1) is 17.8 Å². The minimum Gasteiger partial charge on any atom is -0.478 e. The summed E-state index contributed by atoms with van der Waals surface area (Å²) in [5, 5.41) is 134. The highest BCUT2D eigenvalue weighted by molar-refractivity contribution is 5.86. The Balaban J connectivity index is 2.30. The first-order chi connectivity index (χ1) is 38.9. The maximum Gasteiger partial charge on any atom is 0.331 e. The van der Waals surface area contributed by atoms with Crippen molar-refractivity contribution in [3.8, 4) is 0 Å². The molecule has 19 heteroatoms. The van der Waals surface area contributed by atoms with Gasteiger partial charge in [0.05, 0.1) is 79.4 Å². The molecule has 1 saturated heterocycles. The van der Waals surface area contributed by atoms with Gasteiger partial charge in [-0.2, -0.15) is 0 Å². The molecule has 1 rings (SSSR count).